The Morgan fingerprint density at radius 2 is 1.85 bits per heavy atom. The Bertz CT molecular complexity index is 920. The first-order valence-corrected chi connectivity index (χ1v) is 8.30. The molecule has 1 aromatic carbocycles. The number of pyridine rings is 1. The maximum Gasteiger partial charge on any atom is 0.326 e. The number of urea groups is 1. The van der Waals surface area contributed by atoms with Crippen molar-refractivity contribution in [2.45, 2.75) is 19.3 Å². The number of nitrogens with one attached hydrogen (secondary N) is 2. The topological polar surface area (TPSA) is 106 Å². The summed E-state index contributed by atoms with van der Waals surface area (Å²) < 4.78 is 18.0. The Balaban J connectivity index is 1.62. The van der Waals surface area contributed by atoms with Crippen molar-refractivity contribution in [1.82, 2.24) is 10.1 Å². The van der Waals surface area contributed by atoms with Crippen LogP contribution < -0.4 is 16.4 Å². The molecule has 0 saturated heterocycles. The van der Waals surface area contributed by atoms with Gasteiger partial charge in [-0.2, -0.15) is 0 Å². The molecule has 7 nitrogen and oxygen atoms in total. The first-order chi connectivity index (χ1) is 12.9. The van der Waals surface area contributed by atoms with Gasteiger partial charge < -0.3 is 15.6 Å². The number of anilines is 3. The lowest BCUT2D eigenvalue weighted by molar-refractivity contribution is 0.261. The molecule has 0 atom stereocenters. The second kappa shape index (κ2) is 7.45. The van der Waals surface area contributed by atoms with E-state index in [4.69, 9.17) is 10.3 Å². The Morgan fingerprint density at radius 3 is 2.48 bits per heavy atom. The van der Waals surface area contributed by atoms with Crippen molar-refractivity contribution >= 4 is 23.4 Å². The lowest BCUT2D eigenvalue weighted by atomic mass is 9.91. The van der Waals surface area contributed by atoms with Gasteiger partial charge in [0.1, 0.15) is 12.5 Å². The Hall–Kier alpha value is -3.42. The van der Waals surface area contributed by atoms with Crippen molar-refractivity contribution in [1.29, 1.82) is 0 Å². The molecule has 0 aliphatic heterocycles. The van der Waals surface area contributed by atoms with Crippen LogP contribution in [-0.4, -0.2) is 22.8 Å². The fourth-order valence-corrected chi connectivity index (χ4v) is 2.32. The van der Waals surface area contributed by atoms with Gasteiger partial charge in [-0.05, 0) is 29.8 Å². The van der Waals surface area contributed by atoms with Gasteiger partial charge in [-0.15, -0.1) is 0 Å². The molecule has 0 radical (unpaired) electrons. The van der Waals surface area contributed by atoms with Crippen molar-refractivity contribution in [3.05, 3.63) is 54.4 Å². The van der Waals surface area contributed by atoms with Crippen LogP contribution in [0.3, 0.4) is 0 Å². The summed E-state index contributed by atoms with van der Waals surface area (Å²) in [5.74, 6) is 0.604. The van der Waals surface area contributed by atoms with Crippen LogP contribution >= 0.6 is 0 Å². The van der Waals surface area contributed by atoms with Gasteiger partial charge in [-0.3, -0.25) is 9.71 Å². The molecule has 0 unspecified atom stereocenters. The summed E-state index contributed by atoms with van der Waals surface area (Å²) in [6.45, 7) is 2.82. The summed E-state index contributed by atoms with van der Waals surface area (Å²) >= 11 is 0. The van der Waals surface area contributed by atoms with Crippen molar-refractivity contribution in [3.8, 4) is 11.1 Å². The normalized spacial score (nSPS) is 11.2. The number of hydrogen-bond acceptors (Lipinski definition) is 5. The highest BCUT2D eigenvalue weighted by molar-refractivity contribution is 5.99. The Kier molecular flexibility index (Phi) is 5.07. The zero-order valence-electron chi connectivity index (χ0n) is 15.0. The summed E-state index contributed by atoms with van der Waals surface area (Å²) in [5.41, 5.74) is 7.71. The van der Waals surface area contributed by atoms with Crippen LogP contribution in [-0.2, 0) is 5.41 Å². The number of benzene rings is 1. The minimum absolute atomic E-state index is 0.147. The molecular formula is C19H20FN5O2. The summed E-state index contributed by atoms with van der Waals surface area (Å²) in [7, 11) is 0. The zero-order chi connectivity index (χ0) is 19.4. The van der Waals surface area contributed by atoms with Gasteiger partial charge in [0.25, 0.3) is 0 Å². The molecule has 2 heterocycles. The predicted octanol–water partition coefficient (Wildman–Crippen LogP) is 4.21. The van der Waals surface area contributed by atoms with E-state index in [2.05, 4.69) is 20.8 Å². The third kappa shape index (κ3) is 4.41. The smallest absolute Gasteiger partial charge is 0.326 e. The quantitative estimate of drug-likeness (QED) is 0.625. The number of carbonyl (C=O) groups excluding carboxylic acids is 1. The standard InChI is InChI=1S/C19H20FN5O2/c1-19(2,11-20)15-9-17(27-25-15)24-18(26)23-14-6-3-12(4-7-14)13-5-8-16(21)22-10-13/h3-10H,11H2,1-2H3,(H2,21,22)(H2,23,24,26). The van der Waals surface area contributed by atoms with E-state index in [0.717, 1.165) is 11.1 Å². The van der Waals surface area contributed by atoms with Crippen molar-refractivity contribution in [3.63, 3.8) is 0 Å². The minimum atomic E-state index is -0.771. The molecule has 8 heteroatoms. The average molecular weight is 369 g/mol. The van der Waals surface area contributed by atoms with Crippen LogP contribution in [0.2, 0.25) is 0 Å². The van der Waals surface area contributed by atoms with E-state index in [0.29, 0.717) is 17.2 Å². The highest BCUT2D eigenvalue weighted by Crippen LogP contribution is 2.25. The molecule has 3 aromatic rings. The summed E-state index contributed by atoms with van der Waals surface area (Å²) in [6.07, 6.45) is 1.69. The number of carbonyl (C=O) groups is 1. The van der Waals surface area contributed by atoms with Crippen molar-refractivity contribution in [2.24, 2.45) is 0 Å². The average Bonchev–Trinajstić information content (AvgIpc) is 3.12. The first kappa shape index (κ1) is 18.4. The van der Waals surface area contributed by atoms with E-state index in [1.165, 1.54) is 6.07 Å². The number of hydrogen-bond donors (Lipinski definition) is 3. The van der Waals surface area contributed by atoms with E-state index >= 15 is 0 Å². The lowest BCUT2D eigenvalue weighted by Gasteiger charge is -2.15. The molecule has 27 heavy (non-hydrogen) atoms. The van der Waals surface area contributed by atoms with E-state index in [9.17, 15) is 9.18 Å². The fourth-order valence-electron chi connectivity index (χ4n) is 2.32. The summed E-state index contributed by atoms with van der Waals surface area (Å²) in [5, 5.41) is 9.02. The molecule has 4 N–H and O–H groups in total. The van der Waals surface area contributed by atoms with Crippen molar-refractivity contribution in [2.75, 3.05) is 23.0 Å². The summed E-state index contributed by atoms with van der Waals surface area (Å²) in [6, 6.07) is 11.9. The Morgan fingerprint density at radius 1 is 1.15 bits per heavy atom. The van der Waals surface area contributed by atoms with Crippen LogP contribution in [0.25, 0.3) is 11.1 Å². The molecule has 140 valence electrons. The van der Waals surface area contributed by atoms with Gasteiger partial charge >= 0.3 is 6.03 Å². The van der Waals surface area contributed by atoms with Crippen LogP contribution in [0.1, 0.15) is 19.5 Å². The molecule has 2 amide bonds. The number of alkyl halides is 1. The molecule has 0 aliphatic rings. The van der Waals surface area contributed by atoms with Gasteiger partial charge in [0, 0.05) is 28.9 Å². The molecule has 0 fully saturated rings. The predicted molar refractivity (Wildman–Crippen MR) is 102 cm³/mol. The second-order valence-corrected chi connectivity index (χ2v) is 6.72. The Labute approximate surface area is 155 Å². The number of nitrogens with two attached hydrogens (primary N) is 1. The van der Waals surface area contributed by atoms with Crippen molar-refractivity contribution < 1.29 is 13.7 Å². The maximum atomic E-state index is 13.0. The SMILES string of the molecule is CC(C)(CF)c1cc(NC(=O)Nc2ccc(-c3ccc(N)nc3)cc2)on1. The number of aromatic nitrogens is 2. The second-order valence-electron chi connectivity index (χ2n) is 6.72. The van der Waals surface area contributed by atoms with E-state index < -0.39 is 18.1 Å². The maximum absolute atomic E-state index is 13.0. The molecule has 0 saturated carbocycles. The van der Waals surface area contributed by atoms with Gasteiger partial charge in [-0.1, -0.05) is 31.1 Å². The zero-order valence-corrected chi connectivity index (χ0v) is 15.0. The van der Waals surface area contributed by atoms with Gasteiger partial charge in [0.2, 0.25) is 5.88 Å². The highest BCUT2D eigenvalue weighted by atomic mass is 19.1. The molecular weight excluding hydrogens is 349 g/mol. The first-order valence-electron chi connectivity index (χ1n) is 8.30. The largest absolute Gasteiger partial charge is 0.384 e. The minimum Gasteiger partial charge on any atom is -0.384 e. The number of amides is 2. The summed E-state index contributed by atoms with van der Waals surface area (Å²) in [4.78, 5) is 16.2. The number of halogens is 1. The van der Waals surface area contributed by atoms with E-state index in [1.54, 1.807) is 38.2 Å². The monoisotopic (exact) mass is 369 g/mol. The van der Waals surface area contributed by atoms with Crippen LogP contribution in [0.15, 0.2) is 53.2 Å². The third-order valence-corrected chi connectivity index (χ3v) is 4.04. The number of rotatable bonds is 5. The number of nitrogen functional groups attached to an aromatic ring is 1. The number of nitrogens with zero attached hydrogens (tertiary/aromatic N) is 2. The van der Waals surface area contributed by atoms with Crippen LogP contribution in [0.5, 0.6) is 0 Å². The van der Waals surface area contributed by atoms with Gasteiger partial charge in [0.15, 0.2) is 0 Å². The molecule has 0 aliphatic carbocycles. The van der Waals surface area contributed by atoms with Crippen LogP contribution in [0.4, 0.5) is 26.6 Å². The van der Waals surface area contributed by atoms with E-state index in [1.807, 2.05) is 18.2 Å². The molecule has 0 bridgehead atoms. The highest BCUT2D eigenvalue weighted by Gasteiger charge is 2.25. The third-order valence-electron chi connectivity index (χ3n) is 4.04. The molecule has 3 rings (SSSR count). The lowest BCUT2D eigenvalue weighted by Crippen LogP contribution is -2.20. The van der Waals surface area contributed by atoms with Crippen LogP contribution in [0, 0.1) is 0 Å². The fraction of sp³-hybridized carbons (Fsp3) is 0.211. The molecule has 2 aromatic heterocycles. The van der Waals surface area contributed by atoms with E-state index in [-0.39, 0.29) is 5.88 Å². The molecule has 0 spiro atoms. The van der Waals surface area contributed by atoms with Gasteiger partial charge in [0.05, 0.1) is 5.69 Å². The van der Waals surface area contributed by atoms with Gasteiger partial charge in [-0.25, -0.2) is 9.78 Å².